The molecule has 3 N–H and O–H groups in total. The van der Waals surface area contributed by atoms with Crippen molar-refractivity contribution in [1.82, 2.24) is 15.1 Å². The van der Waals surface area contributed by atoms with E-state index < -0.39 is 0 Å². The highest BCUT2D eigenvalue weighted by molar-refractivity contribution is 6.35. The first-order valence-corrected chi connectivity index (χ1v) is 12.5. The molecule has 2 aromatic carbocycles. The largest absolute Gasteiger partial charge is 0.378 e. The second-order valence-corrected chi connectivity index (χ2v) is 9.44. The Bertz CT molecular complexity index is 1130. The van der Waals surface area contributed by atoms with Gasteiger partial charge in [-0.2, -0.15) is 5.10 Å². The van der Waals surface area contributed by atoms with Gasteiger partial charge in [-0.25, -0.2) is 0 Å². The van der Waals surface area contributed by atoms with E-state index in [-0.39, 0.29) is 5.92 Å². The predicted octanol–water partition coefficient (Wildman–Crippen LogP) is 4.43. The number of benzene rings is 2. The van der Waals surface area contributed by atoms with Crippen molar-refractivity contribution in [2.75, 3.05) is 58.4 Å². The molecule has 35 heavy (non-hydrogen) atoms. The molecule has 2 heterocycles. The average Bonchev–Trinajstić information content (AvgIpc) is 2.86. The normalized spacial score (nSPS) is 15.7. The molecule has 0 aliphatic carbocycles. The lowest BCUT2D eigenvalue weighted by Gasteiger charge is -2.33. The first kappa shape index (κ1) is 25.8. The van der Waals surface area contributed by atoms with Crippen LogP contribution in [0.4, 0.5) is 5.82 Å². The SMILES string of the molecule is CN1Cc2c(Cl)cc(Cl)cc2[C@H](c2cccc(-c3cnnc(NCCOCCOCCN)c3)c2)C1. The van der Waals surface area contributed by atoms with Gasteiger partial charge in [-0.05, 0) is 47.5 Å². The van der Waals surface area contributed by atoms with Gasteiger partial charge < -0.3 is 25.4 Å². The van der Waals surface area contributed by atoms with Crippen molar-refractivity contribution in [2.24, 2.45) is 5.73 Å². The molecule has 3 aromatic rings. The van der Waals surface area contributed by atoms with Crippen molar-refractivity contribution in [2.45, 2.75) is 12.5 Å². The van der Waals surface area contributed by atoms with Crippen molar-refractivity contribution >= 4 is 29.0 Å². The highest BCUT2D eigenvalue weighted by Gasteiger charge is 2.27. The zero-order valence-corrected chi connectivity index (χ0v) is 21.4. The molecule has 1 aliphatic heterocycles. The molecule has 1 aromatic heterocycles. The summed E-state index contributed by atoms with van der Waals surface area (Å²) in [6, 6.07) is 14.4. The molecule has 1 atom stereocenters. The lowest BCUT2D eigenvalue weighted by molar-refractivity contribution is 0.0547. The number of nitrogens with one attached hydrogen (secondary N) is 1. The molecule has 9 heteroatoms. The Morgan fingerprint density at radius 3 is 2.71 bits per heavy atom. The fraction of sp³-hybridized carbons (Fsp3) is 0.385. The maximum Gasteiger partial charge on any atom is 0.149 e. The smallest absolute Gasteiger partial charge is 0.149 e. The number of hydrogen-bond donors (Lipinski definition) is 2. The summed E-state index contributed by atoms with van der Waals surface area (Å²) in [5.74, 6) is 0.885. The van der Waals surface area contributed by atoms with E-state index in [9.17, 15) is 0 Å². The molecule has 0 bridgehead atoms. The second kappa shape index (κ2) is 12.6. The molecule has 0 saturated heterocycles. The van der Waals surface area contributed by atoms with Gasteiger partial charge in [-0.15, -0.1) is 5.10 Å². The number of aromatic nitrogens is 2. The fourth-order valence-electron chi connectivity index (χ4n) is 4.33. The summed E-state index contributed by atoms with van der Waals surface area (Å²) in [5.41, 5.74) is 11.0. The van der Waals surface area contributed by atoms with Gasteiger partial charge >= 0.3 is 0 Å². The number of likely N-dealkylation sites (N-methyl/N-ethyl adjacent to an activating group) is 1. The Labute approximate surface area is 216 Å². The number of halogens is 2. The number of ether oxygens (including phenoxy) is 2. The van der Waals surface area contributed by atoms with Gasteiger partial charge in [0.15, 0.2) is 0 Å². The number of fused-ring (bicyclic) bond motifs is 1. The molecule has 4 rings (SSSR count). The van der Waals surface area contributed by atoms with Crippen LogP contribution in [-0.4, -0.2) is 68.2 Å². The van der Waals surface area contributed by atoms with Crippen LogP contribution in [0, 0.1) is 0 Å². The molecular weight excluding hydrogens is 485 g/mol. The van der Waals surface area contributed by atoms with E-state index in [4.69, 9.17) is 38.4 Å². The Balaban J connectivity index is 1.45. The van der Waals surface area contributed by atoms with Crippen LogP contribution < -0.4 is 11.1 Å². The van der Waals surface area contributed by atoms with E-state index in [1.54, 1.807) is 6.20 Å². The van der Waals surface area contributed by atoms with Crippen LogP contribution in [0.1, 0.15) is 22.6 Å². The van der Waals surface area contributed by atoms with Crippen LogP contribution in [0.2, 0.25) is 10.0 Å². The second-order valence-electron chi connectivity index (χ2n) is 8.60. The van der Waals surface area contributed by atoms with Gasteiger partial charge in [-0.1, -0.05) is 47.5 Å². The third-order valence-electron chi connectivity index (χ3n) is 5.96. The van der Waals surface area contributed by atoms with E-state index >= 15 is 0 Å². The lowest BCUT2D eigenvalue weighted by Crippen LogP contribution is -2.31. The van der Waals surface area contributed by atoms with Gasteiger partial charge in [-0.3, -0.25) is 0 Å². The first-order chi connectivity index (χ1) is 17.0. The summed E-state index contributed by atoms with van der Waals surface area (Å²) in [7, 11) is 2.12. The van der Waals surface area contributed by atoms with Gasteiger partial charge in [0.1, 0.15) is 5.82 Å². The van der Waals surface area contributed by atoms with Crippen LogP contribution in [0.5, 0.6) is 0 Å². The zero-order chi connectivity index (χ0) is 24.6. The molecule has 7 nitrogen and oxygen atoms in total. The first-order valence-electron chi connectivity index (χ1n) is 11.7. The van der Waals surface area contributed by atoms with E-state index in [0.29, 0.717) is 50.4 Å². The van der Waals surface area contributed by atoms with E-state index in [2.05, 4.69) is 57.8 Å². The van der Waals surface area contributed by atoms with Gasteiger partial charge in [0.2, 0.25) is 0 Å². The van der Waals surface area contributed by atoms with Gasteiger partial charge in [0, 0.05) is 47.7 Å². The van der Waals surface area contributed by atoms with Gasteiger partial charge in [0.05, 0.1) is 32.6 Å². The van der Waals surface area contributed by atoms with Crippen molar-refractivity contribution in [3.63, 3.8) is 0 Å². The predicted molar refractivity (Wildman–Crippen MR) is 141 cm³/mol. The van der Waals surface area contributed by atoms with Crippen LogP contribution in [-0.2, 0) is 16.0 Å². The van der Waals surface area contributed by atoms with Crippen LogP contribution in [0.25, 0.3) is 11.1 Å². The van der Waals surface area contributed by atoms with E-state index in [0.717, 1.165) is 34.8 Å². The van der Waals surface area contributed by atoms with E-state index in [1.807, 2.05) is 12.1 Å². The Kier molecular flexibility index (Phi) is 9.31. The highest BCUT2D eigenvalue weighted by Crippen LogP contribution is 2.39. The van der Waals surface area contributed by atoms with Crippen LogP contribution in [0.15, 0.2) is 48.7 Å². The number of rotatable bonds is 11. The van der Waals surface area contributed by atoms with Crippen molar-refractivity contribution < 1.29 is 9.47 Å². The summed E-state index contributed by atoms with van der Waals surface area (Å²) < 4.78 is 10.8. The monoisotopic (exact) mass is 515 g/mol. The average molecular weight is 516 g/mol. The van der Waals surface area contributed by atoms with Crippen LogP contribution in [0.3, 0.4) is 0 Å². The number of nitrogens with zero attached hydrogens (tertiary/aromatic N) is 3. The summed E-state index contributed by atoms with van der Waals surface area (Å²) >= 11 is 12.9. The Morgan fingerprint density at radius 2 is 1.89 bits per heavy atom. The standard InChI is InChI=1S/C26H31Cl2N5O2/c1-33-16-23(22-13-21(27)14-25(28)24(22)17-33)19-4-2-3-18(11-19)20-12-26(32-31-15-20)30-6-8-35-10-9-34-7-5-29/h2-4,11-15,23H,5-10,16-17,29H2,1H3,(H,30,32)/t23-/m0/s1. The zero-order valence-electron chi connectivity index (χ0n) is 19.8. The molecule has 0 saturated carbocycles. The number of hydrogen-bond acceptors (Lipinski definition) is 7. The molecular formula is C26H31Cl2N5O2. The summed E-state index contributed by atoms with van der Waals surface area (Å²) in [6.45, 7) is 5.04. The number of anilines is 1. The molecule has 0 fully saturated rings. The third kappa shape index (κ3) is 6.91. The minimum atomic E-state index is 0.179. The number of nitrogens with two attached hydrogens (primary N) is 1. The maximum atomic E-state index is 6.55. The minimum Gasteiger partial charge on any atom is -0.378 e. The fourth-order valence-corrected chi connectivity index (χ4v) is 4.90. The third-order valence-corrected chi connectivity index (χ3v) is 6.51. The van der Waals surface area contributed by atoms with Crippen molar-refractivity contribution in [3.05, 3.63) is 75.4 Å². The topological polar surface area (TPSA) is 85.5 Å². The highest BCUT2D eigenvalue weighted by atomic mass is 35.5. The Hall–Kier alpha value is -2.26. The van der Waals surface area contributed by atoms with E-state index in [1.165, 1.54) is 11.1 Å². The van der Waals surface area contributed by atoms with Crippen LogP contribution >= 0.6 is 23.2 Å². The lowest BCUT2D eigenvalue weighted by atomic mass is 9.84. The molecule has 0 amide bonds. The quantitative estimate of drug-likeness (QED) is 0.365. The molecule has 0 unspecified atom stereocenters. The molecule has 0 spiro atoms. The maximum absolute atomic E-state index is 6.55. The molecule has 0 radical (unpaired) electrons. The van der Waals surface area contributed by atoms with Crippen molar-refractivity contribution in [3.8, 4) is 11.1 Å². The van der Waals surface area contributed by atoms with Crippen molar-refractivity contribution in [1.29, 1.82) is 0 Å². The van der Waals surface area contributed by atoms with Gasteiger partial charge in [0.25, 0.3) is 0 Å². The minimum absolute atomic E-state index is 0.179. The Morgan fingerprint density at radius 1 is 1.06 bits per heavy atom. The summed E-state index contributed by atoms with van der Waals surface area (Å²) in [4.78, 5) is 2.29. The summed E-state index contributed by atoms with van der Waals surface area (Å²) in [6.07, 6.45) is 1.78. The molecule has 186 valence electrons. The summed E-state index contributed by atoms with van der Waals surface area (Å²) in [5, 5.41) is 13.1. The molecule has 1 aliphatic rings.